The minimum absolute atomic E-state index is 0.0302. The van der Waals surface area contributed by atoms with E-state index in [9.17, 15) is 22.4 Å². The van der Waals surface area contributed by atoms with Crippen LogP contribution in [0.3, 0.4) is 0 Å². The lowest BCUT2D eigenvalue weighted by molar-refractivity contribution is -0.140. The number of hydrogen-bond donors (Lipinski definition) is 1. The van der Waals surface area contributed by atoms with Crippen molar-refractivity contribution in [1.29, 1.82) is 0 Å². The van der Waals surface area contributed by atoms with Crippen molar-refractivity contribution in [3.8, 4) is 0 Å². The van der Waals surface area contributed by atoms with Crippen LogP contribution in [0.2, 0.25) is 0 Å². The van der Waals surface area contributed by atoms with Gasteiger partial charge in [0.1, 0.15) is 18.4 Å². The van der Waals surface area contributed by atoms with Crippen LogP contribution < -0.4 is 9.62 Å². The van der Waals surface area contributed by atoms with Gasteiger partial charge < -0.3 is 10.2 Å². The first-order valence-corrected chi connectivity index (χ1v) is 15.0. The van der Waals surface area contributed by atoms with E-state index in [2.05, 4.69) is 21.2 Å². The molecule has 3 rings (SSSR count). The maximum Gasteiger partial charge on any atom is 0.304 e. The third-order valence-electron chi connectivity index (χ3n) is 6.20. The molecule has 0 bridgehead atoms. The number of para-hydroxylation sites is 1. The summed E-state index contributed by atoms with van der Waals surface area (Å²) in [6.07, 6.45) is 0.905. The molecule has 0 aliphatic rings. The Morgan fingerprint density at radius 1 is 0.950 bits per heavy atom. The monoisotopic (exact) mass is 632 g/mol. The van der Waals surface area contributed by atoms with Crippen molar-refractivity contribution in [2.75, 3.05) is 31.5 Å². The summed E-state index contributed by atoms with van der Waals surface area (Å²) < 4.78 is 43.9. The van der Waals surface area contributed by atoms with Crippen LogP contribution in [0.25, 0.3) is 0 Å². The van der Waals surface area contributed by atoms with Crippen molar-refractivity contribution in [3.05, 3.63) is 100 Å². The van der Waals surface area contributed by atoms with Crippen LogP contribution in [0.15, 0.2) is 83.3 Å². The predicted molar refractivity (Wildman–Crippen MR) is 158 cm³/mol. The third-order valence-corrected chi connectivity index (χ3v) is 8.50. The molecule has 11 heteroatoms. The zero-order valence-electron chi connectivity index (χ0n) is 22.8. The van der Waals surface area contributed by atoms with Gasteiger partial charge in [-0.15, -0.1) is 0 Å². The average molecular weight is 634 g/mol. The Morgan fingerprint density at radius 3 is 2.23 bits per heavy atom. The van der Waals surface area contributed by atoms with Gasteiger partial charge in [0.15, 0.2) is 0 Å². The number of carbonyl (C=O) groups excluding carboxylic acids is 2. The van der Waals surface area contributed by atoms with Crippen LogP contribution in [0.5, 0.6) is 0 Å². The summed E-state index contributed by atoms with van der Waals surface area (Å²) in [6.45, 7) is 1.67. The van der Waals surface area contributed by atoms with Crippen LogP contribution in [-0.4, -0.2) is 62.7 Å². The summed E-state index contributed by atoms with van der Waals surface area (Å²) in [5.74, 6) is -1.80. The highest BCUT2D eigenvalue weighted by Gasteiger charge is 2.35. The Bertz CT molecular complexity index is 1410. The zero-order chi connectivity index (χ0) is 29.3. The number of amides is 2. The Hall–Kier alpha value is -3.28. The van der Waals surface area contributed by atoms with Crippen molar-refractivity contribution in [1.82, 2.24) is 14.5 Å². The molecule has 0 aliphatic heterocycles. The third kappa shape index (κ3) is 8.12. The molecule has 1 N–H and O–H groups in total. The van der Waals surface area contributed by atoms with E-state index >= 15 is 0 Å². The topological polar surface area (TPSA) is 90.0 Å². The average Bonchev–Trinajstić information content (AvgIpc) is 2.93. The molecule has 8 nitrogen and oxygen atoms in total. The number of benzene rings is 3. The van der Waals surface area contributed by atoms with Gasteiger partial charge in [-0.3, -0.25) is 9.59 Å². The smallest absolute Gasteiger partial charge is 0.304 e. The zero-order valence-corrected chi connectivity index (χ0v) is 25.2. The van der Waals surface area contributed by atoms with Gasteiger partial charge in [0.05, 0.1) is 5.69 Å². The van der Waals surface area contributed by atoms with E-state index in [1.165, 1.54) is 37.2 Å². The van der Waals surface area contributed by atoms with Crippen LogP contribution in [0.4, 0.5) is 10.1 Å². The van der Waals surface area contributed by atoms with E-state index in [4.69, 9.17) is 0 Å². The van der Waals surface area contributed by atoms with E-state index in [0.29, 0.717) is 13.0 Å². The van der Waals surface area contributed by atoms with Gasteiger partial charge in [0.2, 0.25) is 11.8 Å². The molecule has 3 aromatic carbocycles. The van der Waals surface area contributed by atoms with Crippen LogP contribution in [0.1, 0.15) is 24.5 Å². The van der Waals surface area contributed by atoms with Crippen molar-refractivity contribution >= 4 is 43.6 Å². The minimum Gasteiger partial charge on any atom is -0.354 e. The van der Waals surface area contributed by atoms with Gasteiger partial charge in [-0.2, -0.15) is 12.7 Å². The lowest BCUT2D eigenvalue weighted by Gasteiger charge is -2.34. The number of carbonyl (C=O) groups is 2. The highest BCUT2D eigenvalue weighted by Crippen LogP contribution is 2.24. The summed E-state index contributed by atoms with van der Waals surface area (Å²) in [4.78, 5) is 29.0. The second kappa shape index (κ2) is 14.4. The van der Waals surface area contributed by atoms with Crippen molar-refractivity contribution in [3.63, 3.8) is 0 Å². The molecule has 1 unspecified atom stereocenters. The van der Waals surface area contributed by atoms with Crippen molar-refractivity contribution in [2.24, 2.45) is 0 Å². The first-order chi connectivity index (χ1) is 19.0. The van der Waals surface area contributed by atoms with Gasteiger partial charge in [-0.05, 0) is 41.8 Å². The number of halogens is 2. The lowest BCUT2D eigenvalue weighted by Crippen LogP contribution is -2.54. The fourth-order valence-electron chi connectivity index (χ4n) is 4.11. The molecule has 0 saturated heterocycles. The second-order valence-electron chi connectivity index (χ2n) is 9.40. The Balaban J connectivity index is 2.09. The fraction of sp³-hybridized carbons (Fsp3) is 0.310. The molecule has 1 atom stereocenters. The summed E-state index contributed by atoms with van der Waals surface area (Å²) in [6, 6.07) is 21.0. The van der Waals surface area contributed by atoms with Crippen molar-refractivity contribution in [2.45, 2.75) is 32.4 Å². The Kier molecular flexibility index (Phi) is 11.2. The predicted octanol–water partition coefficient (Wildman–Crippen LogP) is 4.37. The van der Waals surface area contributed by atoms with Crippen LogP contribution in [-0.2, 0) is 32.8 Å². The Morgan fingerprint density at radius 2 is 1.60 bits per heavy atom. The molecule has 3 aromatic rings. The summed E-state index contributed by atoms with van der Waals surface area (Å²) >= 11 is 3.45. The van der Waals surface area contributed by atoms with Crippen molar-refractivity contribution < 1.29 is 22.4 Å². The lowest BCUT2D eigenvalue weighted by atomic mass is 10.0. The normalized spacial score (nSPS) is 12.2. The van der Waals surface area contributed by atoms with E-state index in [0.717, 1.165) is 30.3 Å². The van der Waals surface area contributed by atoms with E-state index in [1.807, 2.05) is 61.5 Å². The molecule has 2 amide bonds. The van der Waals surface area contributed by atoms with Gasteiger partial charge in [-0.1, -0.05) is 77.5 Å². The molecule has 40 heavy (non-hydrogen) atoms. The van der Waals surface area contributed by atoms with Crippen LogP contribution >= 0.6 is 15.9 Å². The molecule has 0 heterocycles. The molecular formula is C29H34BrFN4O4S. The first-order valence-electron chi connectivity index (χ1n) is 12.8. The molecule has 0 fully saturated rings. The molecule has 0 aliphatic carbocycles. The number of nitrogens with one attached hydrogen (secondary N) is 1. The molecular weight excluding hydrogens is 599 g/mol. The highest BCUT2D eigenvalue weighted by atomic mass is 79.9. The largest absolute Gasteiger partial charge is 0.354 e. The van der Waals surface area contributed by atoms with Crippen LogP contribution in [0, 0.1) is 5.82 Å². The Labute approximate surface area is 244 Å². The SMILES string of the molecule is CCCNC(=O)C(Cc1ccccc1)N(Cc1cccc(Br)c1)C(=O)CN(c1ccccc1F)S(=O)(=O)N(C)C. The molecule has 0 saturated carbocycles. The standard InChI is InChI=1S/C29H34BrFN4O4S/c1-4-17-32-29(37)27(19-22-11-6-5-7-12-22)34(20-23-13-10-14-24(30)18-23)28(36)21-35(40(38,39)33(2)3)26-16-9-8-15-25(26)31/h5-16,18,27H,4,17,19-21H2,1-3H3,(H,32,37). The molecule has 214 valence electrons. The molecule has 0 aromatic heterocycles. The molecule has 0 radical (unpaired) electrons. The first kappa shape index (κ1) is 31.3. The maximum absolute atomic E-state index is 14.9. The van der Waals surface area contributed by atoms with Gasteiger partial charge >= 0.3 is 10.2 Å². The number of anilines is 1. The van der Waals surface area contributed by atoms with Gasteiger partial charge in [-0.25, -0.2) is 8.70 Å². The second-order valence-corrected chi connectivity index (χ2v) is 12.4. The summed E-state index contributed by atoms with van der Waals surface area (Å²) in [5, 5.41) is 2.89. The van der Waals surface area contributed by atoms with Gasteiger partial charge in [0.25, 0.3) is 0 Å². The maximum atomic E-state index is 14.9. The number of rotatable bonds is 13. The highest BCUT2D eigenvalue weighted by molar-refractivity contribution is 9.10. The quantitative estimate of drug-likeness (QED) is 0.303. The van der Waals surface area contributed by atoms with E-state index in [-0.39, 0.29) is 24.6 Å². The fourth-order valence-corrected chi connectivity index (χ4v) is 5.62. The number of nitrogens with zero attached hydrogens (tertiary/aromatic N) is 3. The summed E-state index contributed by atoms with van der Waals surface area (Å²) in [7, 11) is -1.65. The minimum atomic E-state index is -4.27. The van der Waals surface area contributed by atoms with E-state index in [1.54, 1.807) is 0 Å². The number of hydrogen-bond acceptors (Lipinski definition) is 4. The van der Waals surface area contributed by atoms with E-state index < -0.39 is 34.5 Å². The van der Waals surface area contributed by atoms with Gasteiger partial charge in [0, 0.05) is 38.1 Å². The molecule has 0 spiro atoms. The summed E-state index contributed by atoms with van der Waals surface area (Å²) in [5.41, 5.74) is 1.30.